The van der Waals surface area contributed by atoms with Crippen molar-refractivity contribution in [3.05, 3.63) is 24.5 Å². The van der Waals surface area contributed by atoms with E-state index in [0.29, 0.717) is 0 Å². The summed E-state index contributed by atoms with van der Waals surface area (Å²) in [5.74, 6) is 1.01. The predicted octanol–water partition coefficient (Wildman–Crippen LogP) is 2.71. The summed E-state index contributed by atoms with van der Waals surface area (Å²) >= 11 is 2.96. The van der Waals surface area contributed by atoms with Gasteiger partial charge < -0.3 is 0 Å². The molecule has 0 amide bonds. The number of rotatable bonds is 3. The number of aromatic nitrogens is 3. The number of thioether (sulfide) groups is 1. The maximum absolute atomic E-state index is 4.27. The number of pyridine rings is 1. The van der Waals surface area contributed by atoms with Crippen molar-refractivity contribution in [1.29, 1.82) is 0 Å². The van der Waals surface area contributed by atoms with Crippen LogP contribution < -0.4 is 0 Å². The largest absolute Gasteiger partial charge is 0.264 e. The van der Waals surface area contributed by atoms with Crippen molar-refractivity contribution >= 4 is 23.5 Å². The minimum atomic E-state index is 0.954. The van der Waals surface area contributed by atoms with Gasteiger partial charge in [-0.2, -0.15) is 8.75 Å². The standard InChI is InChI=1S/C9H9N3S2/c1-2-13-9-8(11-14-12-9)7-4-3-5-10-6-7/h3-6H,2H2,1H3. The van der Waals surface area contributed by atoms with Crippen LogP contribution in [0.1, 0.15) is 6.92 Å². The van der Waals surface area contributed by atoms with E-state index in [9.17, 15) is 0 Å². The fourth-order valence-corrected chi connectivity index (χ4v) is 2.51. The summed E-state index contributed by atoms with van der Waals surface area (Å²) in [6.45, 7) is 2.11. The monoisotopic (exact) mass is 223 g/mol. The van der Waals surface area contributed by atoms with Gasteiger partial charge in [0, 0.05) is 18.0 Å². The van der Waals surface area contributed by atoms with Gasteiger partial charge in [-0.15, -0.1) is 11.8 Å². The Labute approximate surface area is 90.9 Å². The zero-order valence-electron chi connectivity index (χ0n) is 7.67. The normalized spacial score (nSPS) is 10.4. The van der Waals surface area contributed by atoms with E-state index in [1.807, 2.05) is 18.3 Å². The van der Waals surface area contributed by atoms with E-state index in [4.69, 9.17) is 0 Å². The Kier molecular flexibility index (Phi) is 3.10. The van der Waals surface area contributed by atoms with Gasteiger partial charge in [0.05, 0.1) is 11.7 Å². The third kappa shape index (κ3) is 1.93. The first-order valence-corrected chi connectivity index (χ1v) is 5.99. The van der Waals surface area contributed by atoms with Gasteiger partial charge in [-0.25, -0.2) is 0 Å². The Balaban J connectivity index is 2.37. The highest BCUT2D eigenvalue weighted by molar-refractivity contribution is 7.99. The second-order valence-corrected chi connectivity index (χ2v) is 4.37. The molecule has 0 bridgehead atoms. The zero-order valence-corrected chi connectivity index (χ0v) is 9.31. The lowest BCUT2D eigenvalue weighted by atomic mass is 10.2. The smallest absolute Gasteiger partial charge is 0.138 e. The van der Waals surface area contributed by atoms with Crippen LogP contribution in [0, 0.1) is 0 Å². The van der Waals surface area contributed by atoms with E-state index in [-0.39, 0.29) is 0 Å². The zero-order chi connectivity index (χ0) is 9.80. The molecular formula is C9H9N3S2. The lowest BCUT2D eigenvalue weighted by Crippen LogP contribution is -1.82. The first-order valence-electron chi connectivity index (χ1n) is 4.27. The summed E-state index contributed by atoms with van der Waals surface area (Å²) in [6.07, 6.45) is 3.58. The van der Waals surface area contributed by atoms with Gasteiger partial charge in [0.15, 0.2) is 0 Å². The van der Waals surface area contributed by atoms with Crippen molar-refractivity contribution in [2.24, 2.45) is 0 Å². The van der Waals surface area contributed by atoms with Crippen LogP contribution in [0.4, 0.5) is 0 Å². The fourth-order valence-electron chi connectivity index (χ4n) is 1.09. The highest BCUT2D eigenvalue weighted by atomic mass is 32.2. The van der Waals surface area contributed by atoms with E-state index >= 15 is 0 Å². The van der Waals surface area contributed by atoms with Crippen molar-refractivity contribution in [3.63, 3.8) is 0 Å². The van der Waals surface area contributed by atoms with Crippen LogP contribution in [0.5, 0.6) is 0 Å². The van der Waals surface area contributed by atoms with Gasteiger partial charge in [-0.1, -0.05) is 6.92 Å². The Morgan fingerprint density at radius 3 is 3.07 bits per heavy atom. The van der Waals surface area contributed by atoms with Crippen LogP contribution in [0.15, 0.2) is 29.6 Å². The molecule has 72 valence electrons. The topological polar surface area (TPSA) is 38.7 Å². The van der Waals surface area contributed by atoms with Crippen molar-refractivity contribution in [2.75, 3.05) is 5.75 Å². The molecule has 0 radical (unpaired) electrons. The van der Waals surface area contributed by atoms with Gasteiger partial charge in [-0.3, -0.25) is 4.98 Å². The molecule has 0 atom stereocenters. The van der Waals surface area contributed by atoms with Gasteiger partial charge in [0.2, 0.25) is 0 Å². The highest BCUT2D eigenvalue weighted by Crippen LogP contribution is 2.28. The summed E-state index contributed by atoms with van der Waals surface area (Å²) < 4.78 is 8.52. The van der Waals surface area contributed by atoms with E-state index in [1.165, 1.54) is 11.7 Å². The molecule has 0 saturated carbocycles. The van der Waals surface area contributed by atoms with E-state index in [2.05, 4.69) is 20.7 Å². The molecule has 2 heterocycles. The van der Waals surface area contributed by atoms with Crippen LogP contribution in [0.2, 0.25) is 0 Å². The predicted molar refractivity (Wildman–Crippen MR) is 59.5 cm³/mol. The van der Waals surface area contributed by atoms with Gasteiger partial charge in [-0.05, 0) is 17.9 Å². The molecule has 0 aromatic carbocycles. The molecule has 0 fully saturated rings. The Morgan fingerprint density at radius 2 is 2.36 bits per heavy atom. The molecule has 0 N–H and O–H groups in total. The minimum absolute atomic E-state index is 0.954. The van der Waals surface area contributed by atoms with Crippen LogP contribution >= 0.6 is 23.5 Å². The number of nitrogens with zero attached hydrogens (tertiary/aromatic N) is 3. The van der Waals surface area contributed by atoms with Crippen molar-refractivity contribution in [3.8, 4) is 11.3 Å². The lowest BCUT2D eigenvalue weighted by molar-refractivity contribution is 1.24. The summed E-state index contributed by atoms with van der Waals surface area (Å²) in [7, 11) is 0. The van der Waals surface area contributed by atoms with E-state index in [0.717, 1.165) is 22.0 Å². The van der Waals surface area contributed by atoms with Crippen LogP contribution in [0.3, 0.4) is 0 Å². The maximum atomic E-state index is 4.27. The molecule has 0 spiro atoms. The number of hydrogen-bond acceptors (Lipinski definition) is 5. The third-order valence-electron chi connectivity index (χ3n) is 1.67. The minimum Gasteiger partial charge on any atom is -0.264 e. The summed E-state index contributed by atoms with van der Waals surface area (Å²) in [5.41, 5.74) is 1.99. The van der Waals surface area contributed by atoms with Gasteiger partial charge >= 0.3 is 0 Å². The third-order valence-corrected chi connectivity index (χ3v) is 3.17. The quantitative estimate of drug-likeness (QED) is 0.750. The Morgan fingerprint density at radius 1 is 1.43 bits per heavy atom. The summed E-state index contributed by atoms with van der Waals surface area (Å²) in [5, 5.41) is 1.01. The van der Waals surface area contributed by atoms with Gasteiger partial charge in [0.25, 0.3) is 0 Å². The average Bonchev–Trinajstić information content (AvgIpc) is 2.68. The van der Waals surface area contributed by atoms with Crippen LogP contribution in [-0.2, 0) is 0 Å². The van der Waals surface area contributed by atoms with E-state index in [1.54, 1.807) is 18.0 Å². The molecule has 0 aliphatic carbocycles. The molecule has 2 rings (SSSR count). The van der Waals surface area contributed by atoms with Crippen LogP contribution in [-0.4, -0.2) is 19.5 Å². The van der Waals surface area contributed by atoms with Gasteiger partial charge in [0.1, 0.15) is 10.7 Å². The number of hydrogen-bond donors (Lipinski definition) is 0. The molecule has 14 heavy (non-hydrogen) atoms. The summed E-state index contributed by atoms with van der Waals surface area (Å²) in [4.78, 5) is 4.07. The molecule has 2 aromatic rings. The molecule has 5 heteroatoms. The molecule has 0 aliphatic heterocycles. The molecule has 2 aromatic heterocycles. The molecular weight excluding hydrogens is 214 g/mol. The Hall–Kier alpha value is -0.940. The molecule has 0 unspecified atom stereocenters. The first-order chi connectivity index (χ1) is 6.92. The second kappa shape index (κ2) is 4.52. The molecule has 3 nitrogen and oxygen atoms in total. The van der Waals surface area contributed by atoms with E-state index < -0.39 is 0 Å². The Bertz CT molecular complexity index is 399. The first kappa shape index (κ1) is 9.61. The molecule has 0 aliphatic rings. The average molecular weight is 223 g/mol. The second-order valence-electron chi connectivity index (χ2n) is 2.59. The van der Waals surface area contributed by atoms with Crippen molar-refractivity contribution in [2.45, 2.75) is 11.9 Å². The van der Waals surface area contributed by atoms with Crippen LogP contribution in [0.25, 0.3) is 11.3 Å². The highest BCUT2D eigenvalue weighted by Gasteiger charge is 2.09. The van der Waals surface area contributed by atoms with Crippen molar-refractivity contribution in [1.82, 2.24) is 13.7 Å². The maximum Gasteiger partial charge on any atom is 0.138 e. The molecule has 0 saturated heterocycles. The SMILES string of the molecule is CCSc1nsnc1-c1cccnc1. The van der Waals surface area contributed by atoms with Crippen molar-refractivity contribution < 1.29 is 0 Å². The lowest BCUT2D eigenvalue weighted by Gasteiger charge is -1.97. The fraction of sp³-hybridized carbons (Fsp3) is 0.222. The summed E-state index contributed by atoms with van der Waals surface area (Å²) in [6, 6.07) is 3.92.